The summed E-state index contributed by atoms with van der Waals surface area (Å²) in [5, 5.41) is 8.21. The fourth-order valence-electron chi connectivity index (χ4n) is 3.40. The van der Waals surface area contributed by atoms with Gasteiger partial charge in [-0.1, -0.05) is 12.1 Å². The zero-order valence-electron chi connectivity index (χ0n) is 14.6. The Bertz CT molecular complexity index is 1110. The number of aromatic amines is 1. The van der Waals surface area contributed by atoms with E-state index >= 15 is 0 Å². The van der Waals surface area contributed by atoms with Crippen molar-refractivity contribution in [3.63, 3.8) is 0 Å². The third kappa shape index (κ3) is 3.12. The van der Waals surface area contributed by atoms with E-state index in [0.717, 1.165) is 22.2 Å². The number of hydrogen-bond acceptors (Lipinski definition) is 4. The van der Waals surface area contributed by atoms with Crippen LogP contribution in [0, 0.1) is 13.8 Å². The van der Waals surface area contributed by atoms with Gasteiger partial charge in [0.15, 0.2) is 9.84 Å². The van der Waals surface area contributed by atoms with E-state index in [2.05, 4.69) is 15.4 Å². The number of sulfone groups is 1. The smallest absolute Gasteiger partial charge is 0.273 e. The molecule has 136 valence electrons. The maximum Gasteiger partial charge on any atom is 0.273 e. The van der Waals surface area contributed by atoms with Gasteiger partial charge in [0.1, 0.15) is 11.5 Å². The molecule has 1 aliphatic rings. The highest BCUT2D eigenvalue weighted by molar-refractivity contribution is 7.91. The number of nitrogens with zero attached hydrogens (tertiary/aromatic N) is 2. The summed E-state index contributed by atoms with van der Waals surface area (Å²) in [7, 11) is -3.03. The van der Waals surface area contributed by atoms with Crippen LogP contribution in [0.3, 0.4) is 0 Å². The van der Waals surface area contributed by atoms with Gasteiger partial charge in [-0.3, -0.25) is 4.79 Å². The quantitative estimate of drug-likeness (QED) is 0.738. The van der Waals surface area contributed by atoms with Crippen molar-refractivity contribution in [3.8, 4) is 0 Å². The predicted octanol–water partition coefficient (Wildman–Crippen LogP) is 2.59. The molecule has 0 spiro atoms. The second-order valence-electron chi connectivity index (χ2n) is 6.90. The molecule has 0 radical (unpaired) electrons. The molecule has 3 aromatic rings. The van der Waals surface area contributed by atoms with Gasteiger partial charge in [-0.15, -0.1) is 0 Å². The van der Waals surface area contributed by atoms with Gasteiger partial charge in [-0.05, 0) is 38.0 Å². The number of nitrogens with one attached hydrogen (secondary N) is 2. The Morgan fingerprint density at radius 1 is 1.27 bits per heavy atom. The lowest BCUT2D eigenvalue weighted by molar-refractivity contribution is 0.102. The Labute approximate surface area is 151 Å². The molecule has 4 rings (SSSR count). The summed E-state index contributed by atoms with van der Waals surface area (Å²) in [6, 6.07) is 9.28. The summed E-state index contributed by atoms with van der Waals surface area (Å²) in [5.41, 5.74) is 3.20. The number of carbonyl (C=O) groups is 1. The monoisotopic (exact) mass is 372 g/mol. The molecule has 2 aromatic heterocycles. The average molecular weight is 372 g/mol. The third-order valence-corrected chi connectivity index (χ3v) is 6.43. The fourth-order valence-corrected chi connectivity index (χ4v) is 5.10. The second-order valence-corrected chi connectivity index (χ2v) is 9.13. The first-order valence-electron chi connectivity index (χ1n) is 8.48. The van der Waals surface area contributed by atoms with Crippen LogP contribution in [0.25, 0.3) is 10.9 Å². The Balaban J connectivity index is 1.61. The predicted molar refractivity (Wildman–Crippen MR) is 100 cm³/mol. The molecule has 0 aliphatic carbocycles. The molecule has 0 saturated carbocycles. The van der Waals surface area contributed by atoms with Crippen LogP contribution in [0.5, 0.6) is 0 Å². The Kier molecular flexibility index (Phi) is 3.87. The van der Waals surface area contributed by atoms with Gasteiger partial charge >= 0.3 is 0 Å². The maximum atomic E-state index is 12.7. The van der Waals surface area contributed by atoms with E-state index in [4.69, 9.17) is 0 Å². The van der Waals surface area contributed by atoms with Crippen molar-refractivity contribution in [1.82, 2.24) is 14.8 Å². The van der Waals surface area contributed by atoms with Gasteiger partial charge in [-0.2, -0.15) is 5.10 Å². The molecular weight excluding hydrogens is 352 g/mol. The lowest BCUT2D eigenvalue weighted by Gasteiger charge is -2.13. The molecule has 1 atom stereocenters. The number of anilines is 1. The van der Waals surface area contributed by atoms with E-state index in [-0.39, 0.29) is 23.5 Å². The number of H-pyrrole nitrogens is 1. The van der Waals surface area contributed by atoms with E-state index in [1.165, 1.54) is 0 Å². The molecule has 1 aromatic carbocycles. The first-order chi connectivity index (χ1) is 12.3. The van der Waals surface area contributed by atoms with Gasteiger partial charge in [0.05, 0.1) is 23.2 Å². The van der Waals surface area contributed by atoms with Crippen molar-refractivity contribution in [1.29, 1.82) is 0 Å². The summed E-state index contributed by atoms with van der Waals surface area (Å²) < 4.78 is 25.2. The second kappa shape index (κ2) is 5.98. The van der Waals surface area contributed by atoms with Crippen molar-refractivity contribution >= 4 is 32.5 Å². The summed E-state index contributed by atoms with van der Waals surface area (Å²) in [6.45, 7) is 3.82. The number of aryl methyl sites for hydroxylation is 2. The summed E-state index contributed by atoms with van der Waals surface area (Å²) in [4.78, 5) is 15.8. The van der Waals surface area contributed by atoms with E-state index in [1.54, 1.807) is 16.8 Å². The van der Waals surface area contributed by atoms with Crippen LogP contribution < -0.4 is 5.32 Å². The minimum absolute atomic E-state index is 0.0582. The number of fused-ring (bicyclic) bond motifs is 1. The first-order valence-corrected chi connectivity index (χ1v) is 10.3. The van der Waals surface area contributed by atoms with Crippen molar-refractivity contribution in [2.45, 2.75) is 26.3 Å². The standard InChI is InChI=1S/C18H20N4O3S/c1-11-3-4-13-9-16(19-15(13)7-11)18(23)20-17-8-12(2)21-22(17)14-5-6-26(24,25)10-14/h3-4,7-9,14,19H,5-6,10H2,1-2H3,(H,20,23)/t14-/m0/s1. The van der Waals surface area contributed by atoms with Gasteiger partial charge in [0.25, 0.3) is 5.91 Å². The number of carbonyl (C=O) groups excluding carboxylic acids is 1. The van der Waals surface area contributed by atoms with Gasteiger partial charge in [0.2, 0.25) is 0 Å². The highest BCUT2D eigenvalue weighted by Crippen LogP contribution is 2.27. The number of rotatable bonds is 3. The van der Waals surface area contributed by atoms with Crippen LogP contribution in [0.4, 0.5) is 5.82 Å². The number of amides is 1. The molecule has 7 nitrogen and oxygen atoms in total. The van der Waals surface area contributed by atoms with E-state index in [9.17, 15) is 13.2 Å². The molecule has 26 heavy (non-hydrogen) atoms. The average Bonchev–Trinajstić information content (AvgIpc) is 3.23. The third-order valence-electron chi connectivity index (χ3n) is 4.68. The number of hydrogen-bond donors (Lipinski definition) is 2. The van der Waals surface area contributed by atoms with Gasteiger partial charge in [-0.25, -0.2) is 13.1 Å². The molecule has 8 heteroatoms. The first kappa shape index (κ1) is 16.8. The Morgan fingerprint density at radius 3 is 2.81 bits per heavy atom. The van der Waals surface area contributed by atoms with Crippen molar-refractivity contribution in [2.24, 2.45) is 0 Å². The normalized spacial score (nSPS) is 19.1. The van der Waals surface area contributed by atoms with Crippen LogP contribution in [0.15, 0.2) is 30.3 Å². The zero-order chi connectivity index (χ0) is 18.5. The number of benzene rings is 1. The summed E-state index contributed by atoms with van der Waals surface area (Å²) in [6.07, 6.45) is 0.512. The highest BCUT2D eigenvalue weighted by Gasteiger charge is 2.31. The topological polar surface area (TPSA) is 96.8 Å². The molecule has 1 aliphatic heterocycles. The Morgan fingerprint density at radius 2 is 2.08 bits per heavy atom. The Hall–Kier alpha value is -2.61. The van der Waals surface area contributed by atoms with Crippen molar-refractivity contribution < 1.29 is 13.2 Å². The minimum atomic E-state index is -3.03. The summed E-state index contributed by atoms with van der Waals surface area (Å²) >= 11 is 0. The lowest BCUT2D eigenvalue weighted by Crippen LogP contribution is -2.19. The molecule has 1 amide bonds. The van der Waals surface area contributed by atoms with Crippen molar-refractivity contribution in [2.75, 3.05) is 16.8 Å². The maximum absolute atomic E-state index is 12.7. The van der Waals surface area contributed by atoms with Gasteiger partial charge in [0, 0.05) is 17.0 Å². The molecule has 0 unspecified atom stereocenters. The lowest BCUT2D eigenvalue weighted by atomic mass is 10.2. The number of aromatic nitrogens is 3. The molecule has 2 N–H and O–H groups in total. The highest BCUT2D eigenvalue weighted by atomic mass is 32.2. The molecular formula is C18H20N4O3S. The van der Waals surface area contributed by atoms with E-state index in [0.29, 0.717) is 17.9 Å². The largest absolute Gasteiger partial charge is 0.351 e. The fraction of sp³-hybridized carbons (Fsp3) is 0.333. The van der Waals surface area contributed by atoms with E-state index < -0.39 is 9.84 Å². The van der Waals surface area contributed by atoms with Crippen LogP contribution in [0.1, 0.15) is 34.2 Å². The van der Waals surface area contributed by atoms with Gasteiger partial charge < -0.3 is 10.3 Å². The van der Waals surface area contributed by atoms with Crippen LogP contribution in [0.2, 0.25) is 0 Å². The van der Waals surface area contributed by atoms with Crippen LogP contribution in [-0.4, -0.2) is 40.6 Å². The van der Waals surface area contributed by atoms with Crippen molar-refractivity contribution in [3.05, 3.63) is 47.3 Å². The molecule has 3 heterocycles. The molecule has 1 fully saturated rings. The SMILES string of the molecule is Cc1ccc2cc(C(=O)Nc3cc(C)nn3[C@H]3CCS(=O)(=O)C3)[nH]c2c1. The van der Waals surface area contributed by atoms with E-state index in [1.807, 2.05) is 32.0 Å². The summed E-state index contributed by atoms with van der Waals surface area (Å²) in [5.74, 6) is 0.457. The van der Waals surface area contributed by atoms with Crippen LogP contribution in [-0.2, 0) is 9.84 Å². The zero-order valence-corrected chi connectivity index (χ0v) is 15.4. The molecule has 1 saturated heterocycles. The molecule has 0 bridgehead atoms. The van der Waals surface area contributed by atoms with Crippen LogP contribution >= 0.6 is 0 Å². The minimum Gasteiger partial charge on any atom is -0.351 e.